The van der Waals surface area contributed by atoms with Gasteiger partial charge in [0.05, 0.1) is 11.2 Å². The number of nitrogens with one attached hydrogen (secondary N) is 1. The number of para-hydroxylation sites is 1. The van der Waals surface area contributed by atoms with Crippen molar-refractivity contribution in [2.45, 2.75) is 53.1 Å². The highest BCUT2D eigenvalue weighted by molar-refractivity contribution is 5.81. The van der Waals surface area contributed by atoms with Crippen molar-refractivity contribution in [3.05, 3.63) is 30.0 Å². The summed E-state index contributed by atoms with van der Waals surface area (Å²) in [5.74, 6) is 0.717. The molecule has 0 bridgehead atoms. The van der Waals surface area contributed by atoms with Gasteiger partial charge in [-0.25, -0.2) is 0 Å². The fourth-order valence-corrected chi connectivity index (χ4v) is 2.64. The molecule has 1 aromatic carbocycles. The van der Waals surface area contributed by atoms with Gasteiger partial charge in [-0.1, -0.05) is 51.8 Å². The maximum Gasteiger partial charge on any atom is 0.0841 e. The summed E-state index contributed by atoms with van der Waals surface area (Å²) >= 11 is 0. The monoisotopic (exact) mass is 273 g/mol. The molecule has 0 saturated heterocycles. The highest BCUT2D eigenvalue weighted by atomic mass is 15.3. The van der Waals surface area contributed by atoms with E-state index in [1.807, 2.05) is 0 Å². The van der Waals surface area contributed by atoms with Crippen molar-refractivity contribution < 1.29 is 0 Å². The first-order valence-corrected chi connectivity index (χ1v) is 7.95. The van der Waals surface area contributed by atoms with Crippen LogP contribution in [0.15, 0.2) is 24.3 Å². The van der Waals surface area contributed by atoms with Crippen molar-refractivity contribution in [1.29, 1.82) is 0 Å². The van der Waals surface area contributed by atoms with E-state index in [2.05, 4.69) is 55.0 Å². The zero-order valence-electron chi connectivity index (χ0n) is 13.0. The number of aromatic nitrogens is 2. The molecular weight excluding hydrogens is 246 g/mol. The number of hydrogen-bond donors (Lipinski definition) is 1. The van der Waals surface area contributed by atoms with Crippen molar-refractivity contribution in [2.75, 3.05) is 6.54 Å². The van der Waals surface area contributed by atoms with Gasteiger partial charge in [0.2, 0.25) is 0 Å². The molecule has 0 spiro atoms. The second-order valence-corrected chi connectivity index (χ2v) is 5.51. The number of rotatable bonds is 8. The van der Waals surface area contributed by atoms with Gasteiger partial charge in [-0.3, -0.25) is 4.68 Å². The van der Waals surface area contributed by atoms with E-state index in [-0.39, 0.29) is 0 Å². The van der Waals surface area contributed by atoms with E-state index in [0.717, 1.165) is 32.0 Å². The molecule has 0 unspecified atom stereocenters. The molecule has 0 aliphatic rings. The molecule has 0 aliphatic heterocycles. The van der Waals surface area contributed by atoms with Crippen LogP contribution in [0.2, 0.25) is 0 Å². The zero-order valence-corrected chi connectivity index (χ0v) is 13.0. The average Bonchev–Trinajstić information content (AvgIpc) is 2.83. The molecule has 1 N–H and O–H groups in total. The van der Waals surface area contributed by atoms with Gasteiger partial charge in [-0.2, -0.15) is 5.10 Å². The Morgan fingerprint density at radius 2 is 1.90 bits per heavy atom. The Kier molecular flexibility index (Phi) is 5.60. The first-order chi connectivity index (χ1) is 9.80. The molecule has 0 aliphatic carbocycles. The summed E-state index contributed by atoms with van der Waals surface area (Å²) in [5.41, 5.74) is 2.45. The zero-order chi connectivity index (χ0) is 14.4. The Balaban J connectivity index is 2.25. The minimum Gasteiger partial charge on any atom is -0.311 e. The second kappa shape index (κ2) is 7.44. The summed E-state index contributed by atoms with van der Waals surface area (Å²) in [6.07, 6.45) is 3.59. The van der Waals surface area contributed by atoms with Crippen LogP contribution in [0.3, 0.4) is 0 Å². The average molecular weight is 273 g/mol. The summed E-state index contributed by atoms with van der Waals surface area (Å²) in [5, 5.41) is 9.61. The van der Waals surface area contributed by atoms with Crippen molar-refractivity contribution in [1.82, 2.24) is 15.1 Å². The van der Waals surface area contributed by atoms with Crippen LogP contribution in [-0.2, 0) is 13.1 Å². The number of fused-ring (bicyclic) bond motifs is 1. The lowest BCUT2D eigenvalue weighted by Crippen LogP contribution is -2.15. The minimum atomic E-state index is 0.717. The Bertz CT molecular complexity index is 526. The topological polar surface area (TPSA) is 29.9 Å². The molecule has 0 saturated carbocycles. The quantitative estimate of drug-likeness (QED) is 0.737. The van der Waals surface area contributed by atoms with E-state index < -0.39 is 0 Å². The molecule has 0 atom stereocenters. The SMILES string of the molecule is CCCNCc1nn(CC(CC)CC)c2ccccc12. The molecule has 1 heterocycles. The van der Waals surface area contributed by atoms with E-state index in [1.54, 1.807) is 0 Å². The molecule has 3 heteroatoms. The van der Waals surface area contributed by atoms with Gasteiger partial charge in [0.15, 0.2) is 0 Å². The van der Waals surface area contributed by atoms with Gasteiger partial charge in [-0.05, 0) is 24.9 Å². The van der Waals surface area contributed by atoms with Gasteiger partial charge < -0.3 is 5.32 Å². The highest BCUT2D eigenvalue weighted by Crippen LogP contribution is 2.21. The van der Waals surface area contributed by atoms with Crippen LogP contribution in [-0.4, -0.2) is 16.3 Å². The molecule has 3 nitrogen and oxygen atoms in total. The standard InChI is InChI=1S/C17H27N3/c1-4-11-18-12-16-15-9-7-8-10-17(15)20(19-16)13-14(5-2)6-3/h7-10,14,18H,4-6,11-13H2,1-3H3. The van der Waals surface area contributed by atoms with Gasteiger partial charge in [0.1, 0.15) is 0 Å². The predicted octanol–water partition coefficient (Wildman–Crippen LogP) is 3.97. The lowest BCUT2D eigenvalue weighted by molar-refractivity contribution is 0.401. The Hall–Kier alpha value is -1.35. The summed E-state index contributed by atoms with van der Waals surface area (Å²) in [4.78, 5) is 0. The fraction of sp³-hybridized carbons (Fsp3) is 0.588. The number of hydrogen-bond acceptors (Lipinski definition) is 2. The third-order valence-corrected chi connectivity index (χ3v) is 4.04. The van der Waals surface area contributed by atoms with Crippen LogP contribution in [0.25, 0.3) is 10.9 Å². The summed E-state index contributed by atoms with van der Waals surface area (Å²) in [7, 11) is 0. The van der Waals surface area contributed by atoms with Crippen LogP contribution in [0.5, 0.6) is 0 Å². The molecular formula is C17H27N3. The molecule has 1 aromatic heterocycles. The van der Waals surface area contributed by atoms with Gasteiger partial charge in [-0.15, -0.1) is 0 Å². The summed E-state index contributed by atoms with van der Waals surface area (Å²) in [6.45, 7) is 9.67. The minimum absolute atomic E-state index is 0.717. The van der Waals surface area contributed by atoms with Crippen molar-refractivity contribution in [3.8, 4) is 0 Å². The first kappa shape index (κ1) is 15.0. The lowest BCUT2D eigenvalue weighted by Gasteiger charge is -2.12. The van der Waals surface area contributed by atoms with Gasteiger partial charge in [0.25, 0.3) is 0 Å². The lowest BCUT2D eigenvalue weighted by atomic mass is 10.0. The Morgan fingerprint density at radius 1 is 1.15 bits per heavy atom. The third kappa shape index (κ3) is 3.40. The van der Waals surface area contributed by atoms with Crippen LogP contribution >= 0.6 is 0 Å². The third-order valence-electron chi connectivity index (χ3n) is 4.04. The molecule has 0 amide bonds. The number of nitrogens with zero attached hydrogens (tertiary/aromatic N) is 2. The molecule has 110 valence electrons. The largest absolute Gasteiger partial charge is 0.311 e. The second-order valence-electron chi connectivity index (χ2n) is 5.51. The van der Waals surface area contributed by atoms with Crippen molar-refractivity contribution in [3.63, 3.8) is 0 Å². The van der Waals surface area contributed by atoms with Crippen LogP contribution < -0.4 is 5.32 Å². The fourth-order valence-electron chi connectivity index (χ4n) is 2.64. The normalized spacial score (nSPS) is 11.6. The molecule has 0 radical (unpaired) electrons. The Labute approximate surface area is 122 Å². The molecule has 2 rings (SSSR count). The van der Waals surface area contributed by atoms with Gasteiger partial charge in [0, 0.05) is 18.5 Å². The van der Waals surface area contributed by atoms with Crippen LogP contribution in [0.4, 0.5) is 0 Å². The molecule has 20 heavy (non-hydrogen) atoms. The first-order valence-electron chi connectivity index (χ1n) is 7.95. The molecule has 2 aromatic rings. The summed E-state index contributed by atoms with van der Waals surface area (Å²) < 4.78 is 2.20. The van der Waals surface area contributed by atoms with E-state index in [9.17, 15) is 0 Å². The maximum atomic E-state index is 4.85. The molecule has 0 fully saturated rings. The van der Waals surface area contributed by atoms with E-state index in [1.165, 1.54) is 29.4 Å². The highest BCUT2D eigenvalue weighted by Gasteiger charge is 2.12. The number of benzene rings is 1. The van der Waals surface area contributed by atoms with Crippen molar-refractivity contribution in [2.24, 2.45) is 5.92 Å². The van der Waals surface area contributed by atoms with Crippen molar-refractivity contribution >= 4 is 10.9 Å². The van der Waals surface area contributed by atoms with Crippen LogP contribution in [0, 0.1) is 5.92 Å². The van der Waals surface area contributed by atoms with Crippen LogP contribution in [0.1, 0.15) is 45.7 Å². The van der Waals surface area contributed by atoms with E-state index in [0.29, 0.717) is 0 Å². The Morgan fingerprint density at radius 3 is 2.60 bits per heavy atom. The van der Waals surface area contributed by atoms with E-state index in [4.69, 9.17) is 5.10 Å². The van der Waals surface area contributed by atoms with E-state index >= 15 is 0 Å². The predicted molar refractivity (Wildman–Crippen MR) is 85.8 cm³/mol. The maximum absolute atomic E-state index is 4.85. The smallest absolute Gasteiger partial charge is 0.0841 e. The van der Waals surface area contributed by atoms with Gasteiger partial charge >= 0.3 is 0 Å². The summed E-state index contributed by atoms with van der Waals surface area (Å²) in [6, 6.07) is 8.59.